The summed E-state index contributed by atoms with van der Waals surface area (Å²) in [5, 5.41) is 5.30. The summed E-state index contributed by atoms with van der Waals surface area (Å²) >= 11 is 0. The quantitative estimate of drug-likeness (QED) is 0.623. The molecule has 0 spiro atoms. The molecule has 0 unspecified atom stereocenters. The third-order valence-corrected chi connectivity index (χ3v) is 5.08. The van der Waals surface area contributed by atoms with Crippen LogP contribution in [0.1, 0.15) is 32.4 Å². The number of anilines is 1. The standard InChI is InChI=1S/C25H28N2O/c1-18(2)24(21-14-8-5-9-15-21)26-19(3)25(28)27-23-17-11-10-16-22(23)20-12-6-4-7-13-20/h4-19,24,26H,1-3H3,(H,27,28)/p+1/t19-,24+/m0/s1. The molecule has 3 nitrogen and oxygen atoms in total. The number of hydrogen-bond acceptors (Lipinski definition) is 1. The van der Waals surface area contributed by atoms with E-state index in [4.69, 9.17) is 0 Å². The van der Waals surface area contributed by atoms with Crippen LogP contribution < -0.4 is 10.6 Å². The molecule has 144 valence electrons. The summed E-state index contributed by atoms with van der Waals surface area (Å²) in [6.07, 6.45) is 0. The Kier molecular flexibility index (Phi) is 6.62. The minimum atomic E-state index is -0.198. The van der Waals surface area contributed by atoms with Crippen LogP contribution in [0.15, 0.2) is 84.9 Å². The van der Waals surface area contributed by atoms with Crippen molar-refractivity contribution in [3.8, 4) is 11.1 Å². The predicted molar refractivity (Wildman–Crippen MR) is 116 cm³/mol. The Labute approximate surface area is 167 Å². The van der Waals surface area contributed by atoms with Gasteiger partial charge in [-0.1, -0.05) is 92.7 Å². The van der Waals surface area contributed by atoms with Gasteiger partial charge in [-0.05, 0) is 18.6 Å². The SMILES string of the molecule is CC(C)[C@@H]([NH2+][C@@H](C)C(=O)Nc1ccccc1-c1ccccc1)c1ccccc1. The molecule has 28 heavy (non-hydrogen) atoms. The molecule has 2 atom stereocenters. The van der Waals surface area contributed by atoms with Gasteiger partial charge in [0, 0.05) is 22.7 Å². The van der Waals surface area contributed by atoms with Crippen LogP contribution in [0.2, 0.25) is 0 Å². The number of quaternary nitrogens is 1. The molecule has 0 saturated carbocycles. The predicted octanol–water partition coefficient (Wildman–Crippen LogP) is 4.64. The zero-order valence-corrected chi connectivity index (χ0v) is 16.8. The minimum Gasteiger partial charge on any atom is -0.330 e. The number of benzene rings is 3. The van der Waals surface area contributed by atoms with E-state index in [0.29, 0.717) is 5.92 Å². The van der Waals surface area contributed by atoms with Crippen LogP contribution >= 0.6 is 0 Å². The average molecular weight is 374 g/mol. The van der Waals surface area contributed by atoms with Gasteiger partial charge in [0.15, 0.2) is 6.04 Å². The number of nitrogens with one attached hydrogen (secondary N) is 1. The molecule has 3 aromatic carbocycles. The Balaban J connectivity index is 1.75. The first-order chi connectivity index (χ1) is 13.6. The van der Waals surface area contributed by atoms with Crippen LogP contribution in [-0.2, 0) is 4.79 Å². The maximum Gasteiger partial charge on any atom is 0.282 e. The summed E-state index contributed by atoms with van der Waals surface area (Å²) in [5.74, 6) is 0.444. The number of hydrogen-bond donors (Lipinski definition) is 2. The lowest BCUT2D eigenvalue weighted by molar-refractivity contribution is -0.718. The molecule has 0 aliphatic rings. The van der Waals surface area contributed by atoms with Crippen LogP contribution in [0.4, 0.5) is 5.69 Å². The van der Waals surface area contributed by atoms with Gasteiger partial charge in [0.25, 0.3) is 5.91 Å². The fourth-order valence-electron chi connectivity index (χ4n) is 3.50. The third-order valence-electron chi connectivity index (χ3n) is 5.08. The van der Waals surface area contributed by atoms with Gasteiger partial charge >= 0.3 is 0 Å². The van der Waals surface area contributed by atoms with Crippen molar-refractivity contribution in [2.75, 3.05) is 5.32 Å². The molecule has 0 heterocycles. The first-order valence-corrected chi connectivity index (χ1v) is 9.91. The Hall–Kier alpha value is -2.91. The van der Waals surface area contributed by atoms with Crippen LogP contribution in [0.3, 0.4) is 0 Å². The van der Waals surface area contributed by atoms with Crippen molar-refractivity contribution in [1.82, 2.24) is 0 Å². The van der Waals surface area contributed by atoms with Gasteiger partial charge in [0.2, 0.25) is 0 Å². The monoisotopic (exact) mass is 373 g/mol. The number of nitrogens with two attached hydrogens (primary N) is 1. The molecule has 3 rings (SSSR count). The summed E-state index contributed by atoms with van der Waals surface area (Å²) in [6.45, 7) is 6.37. The molecular formula is C25H29N2O+. The van der Waals surface area contributed by atoms with Gasteiger partial charge in [0.05, 0.1) is 0 Å². The highest BCUT2D eigenvalue weighted by atomic mass is 16.2. The van der Waals surface area contributed by atoms with Crippen LogP contribution in [0.25, 0.3) is 11.1 Å². The van der Waals surface area contributed by atoms with Gasteiger partial charge in [-0.2, -0.15) is 0 Å². The number of carbonyl (C=O) groups excluding carboxylic acids is 1. The van der Waals surface area contributed by atoms with Crippen LogP contribution in [0.5, 0.6) is 0 Å². The van der Waals surface area contributed by atoms with E-state index in [1.165, 1.54) is 5.56 Å². The Bertz CT molecular complexity index is 891. The molecule has 3 N–H and O–H groups in total. The van der Waals surface area contributed by atoms with Crippen molar-refractivity contribution in [3.63, 3.8) is 0 Å². The molecule has 0 aliphatic heterocycles. The van der Waals surface area contributed by atoms with Crippen molar-refractivity contribution >= 4 is 11.6 Å². The number of para-hydroxylation sites is 1. The second-order valence-corrected chi connectivity index (χ2v) is 7.56. The third kappa shape index (κ3) is 4.87. The molecule has 3 heteroatoms. The molecule has 0 aromatic heterocycles. The molecule has 0 bridgehead atoms. The van der Waals surface area contributed by atoms with E-state index in [9.17, 15) is 4.79 Å². The molecule has 3 aromatic rings. The summed E-state index contributed by atoms with van der Waals surface area (Å²) < 4.78 is 0. The Morgan fingerprint density at radius 2 is 1.36 bits per heavy atom. The lowest BCUT2D eigenvalue weighted by Crippen LogP contribution is -2.93. The summed E-state index contributed by atoms with van der Waals surface area (Å²) in [4.78, 5) is 12.9. The fourth-order valence-corrected chi connectivity index (χ4v) is 3.50. The van der Waals surface area contributed by atoms with E-state index in [1.807, 2.05) is 55.5 Å². The van der Waals surface area contributed by atoms with Crippen molar-refractivity contribution in [3.05, 3.63) is 90.5 Å². The van der Waals surface area contributed by atoms with Crippen molar-refractivity contribution in [2.24, 2.45) is 5.92 Å². The number of carbonyl (C=O) groups is 1. The van der Waals surface area contributed by atoms with Gasteiger partial charge in [-0.15, -0.1) is 0 Å². The summed E-state index contributed by atoms with van der Waals surface area (Å²) in [5.41, 5.74) is 4.23. The van der Waals surface area contributed by atoms with E-state index in [2.05, 4.69) is 60.9 Å². The highest BCUT2D eigenvalue weighted by Gasteiger charge is 2.26. The topological polar surface area (TPSA) is 45.7 Å². The average Bonchev–Trinajstić information content (AvgIpc) is 2.73. The van der Waals surface area contributed by atoms with E-state index in [-0.39, 0.29) is 18.0 Å². The van der Waals surface area contributed by atoms with Crippen LogP contribution in [-0.4, -0.2) is 11.9 Å². The normalized spacial score (nSPS) is 13.1. The zero-order chi connectivity index (χ0) is 19.9. The van der Waals surface area contributed by atoms with Crippen molar-refractivity contribution in [1.29, 1.82) is 0 Å². The highest BCUT2D eigenvalue weighted by molar-refractivity contribution is 5.97. The largest absolute Gasteiger partial charge is 0.330 e. The van der Waals surface area contributed by atoms with E-state index in [0.717, 1.165) is 16.8 Å². The Morgan fingerprint density at radius 3 is 2.00 bits per heavy atom. The van der Waals surface area contributed by atoms with Gasteiger partial charge in [0.1, 0.15) is 6.04 Å². The smallest absolute Gasteiger partial charge is 0.282 e. The first-order valence-electron chi connectivity index (χ1n) is 9.91. The minimum absolute atomic E-state index is 0.0185. The van der Waals surface area contributed by atoms with Gasteiger partial charge in [-0.25, -0.2) is 0 Å². The molecule has 0 saturated heterocycles. The van der Waals surface area contributed by atoms with Crippen molar-refractivity contribution in [2.45, 2.75) is 32.9 Å². The second kappa shape index (κ2) is 9.34. The second-order valence-electron chi connectivity index (χ2n) is 7.56. The molecule has 0 radical (unpaired) electrons. The molecule has 0 fully saturated rings. The van der Waals surface area contributed by atoms with Crippen LogP contribution in [0, 0.1) is 5.92 Å². The molecular weight excluding hydrogens is 344 g/mol. The highest BCUT2D eigenvalue weighted by Crippen LogP contribution is 2.27. The van der Waals surface area contributed by atoms with Gasteiger partial charge in [-0.3, -0.25) is 4.79 Å². The fraction of sp³-hybridized carbons (Fsp3) is 0.240. The lowest BCUT2D eigenvalue weighted by atomic mass is 9.95. The summed E-state index contributed by atoms with van der Waals surface area (Å²) in [6, 6.07) is 28.5. The molecule has 1 amide bonds. The zero-order valence-electron chi connectivity index (χ0n) is 16.8. The maximum atomic E-state index is 12.9. The van der Waals surface area contributed by atoms with E-state index < -0.39 is 0 Å². The van der Waals surface area contributed by atoms with Crippen molar-refractivity contribution < 1.29 is 10.1 Å². The molecule has 0 aliphatic carbocycles. The number of rotatable bonds is 7. The van der Waals surface area contributed by atoms with Gasteiger partial charge < -0.3 is 10.6 Å². The summed E-state index contributed by atoms with van der Waals surface area (Å²) in [7, 11) is 0. The first kappa shape index (κ1) is 19.8. The lowest BCUT2D eigenvalue weighted by Gasteiger charge is -2.23. The van der Waals surface area contributed by atoms with E-state index in [1.54, 1.807) is 0 Å². The maximum absolute atomic E-state index is 12.9. The Morgan fingerprint density at radius 1 is 0.786 bits per heavy atom. The number of amides is 1. The van der Waals surface area contributed by atoms with E-state index >= 15 is 0 Å².